The minimum atomic E-state index is -0.209. The molecule has 0 saturated carbocycles. The Labute approximate surface area is 121 Å². The van der Waals surface area contributed by atoms with Gasteiger partial charge in [-0.2, -0.15) is 0 Å². The van der Waals surface area contributed by atoms with Crippen molar-refractivity contribution in [2.24, 2.45) is 5.73 Å². The summed E-state index contributed by atoms with van der Waals surface area (Å²) in [4.78, 5) is 0. The van der Waals surface area contributed by atoms with Gasteiger partial charge in [-0.25, -0.2) is 0 Å². The molecule has 0 aromatic rings. The Balaban J connectivity index is -0.000000280. The number of guanidine groups is 2. The first-order valence-corrected chi connectivity index (χ1v) is 5.81. The number of unbranched alkanes of at least 4 members (excludes halogenated alkanes) is 1. The van der Waals surface area contributed by atoms with Crippen molar-refractivity contribution < 1.29 is 4.74 Å². The van der Waals surface area contributed by atoms with Crippen LogP contribution in [0, 0.1) is 10.8 Å². The molecule has 112 valence electrons. The van der Waals surface area contributed by atoms with Crippen LogP contribution < -0.4 is 16.4 Å². The fraction of sp³-hybridized carbons (Fsp3) is 0.500. The van der Waals surface area contributed by atoms with E-state index in [1.54, 1.807) is 12.2 Å². The molecule has 6 N–H and O–H groups in total. The zero-order valence-corrected chi connectivity index (χ0v) is 12.3. The van der Waals surface area contributed by atoms with Gasteiger partial charge in [0.2, 0.25) is 0 Å². The highest BCUT2D eigenvalue weighted by molar-refractivity contribution is 5.94. The third-order valence-corrected chi connectivity index (χ3v) is 1.56. The molecule has 0 unspecified atom stereocenters. The van der Waals surface area contributed by atoms with E-state index in [2.05, 4.69) is 30.7 Å². The lowest BCUT2D eigenvalue weighted by atomic mass is 10.3. The SMILES string of the molecule is C=CCOCC=C.CCCCNC(=N)NC(=N)N.Cl. The fourth-order valence-corrected chi connectivity index (χ4v) is 0.804. The predicted octanol–water partition coefficient (Wildman–Crippen LogP) is 1.59. The first kappa shape index (κ1) is 22.6. The molecule has 0 aliphatic rings. The van der Waals surface area contributed by atoms with Gasteiger partial charge in [-0.15, -0.1) is 25.6 Å². The molecule has 0 saturated heterocycles. The van der Waals surface area contributed by atoms with Crippen molar-refractivity contribution in [3.8, 4) is 0 Å². The van der Waals surface area contributed by atoms with Crippen LogP contribution in [0.4, 0.5) is 0 Å². The van der Waals surface area contributed by atoms with E-state index in [1.807, 2.05) is 0 Å². The van der Waals surface area contributed by atoms with Gasteiger partial charge in [-0.1, -0.05) is 25.5 Å². The molecule has 0 rings (SSSR count). The van der Waals surface area contributed by atoms with Gasteiger partial charge in [0.05, 0.1) is 13.2 Å². The van der Waals surface area contributed by atoms with E-state index in [0.29, 0.717) is 13.2 Å². The van der Waals surface area contributed by atoms with Crippen LogP contribution >= 0.6 is 12.4 Å². The summed E-state index contributed by atoms with van der Waals surface area (Å²) in [7, 11) is 0. The summed E-state index contributed by atoms with van der Waals surface area (Å²) < 4.78 is 4.90. The summed E-state index contributed by atoms with van der Waals surface area (Å²) in [5.74, 6) is -0.120. The van der Waals surface area contributed by atoms with Crippen molar-refractivity contribution >= 4 is 24.3 Å². The molecule has 19 heavy (non-hydrogen) atoms. The minimum absolute atomic E-state index is 0. The summed E-state index contributed by atoms with van der Waals surface area (Å²) in [5, 5.41) is 19.0. The van der Waals surface area contributed by atoms with E-state index in [4.69, 9.17) is 21.3 Å². The Kier molecular flexibility index (Phi) is 22.4. The highest BCUT2D eigenvalue weighted by Gasteiger charge is 1.93. The third-order valence-electron chi connectivity index (χ3n) is 1.56. The number of nitrogens with one attached hydrogen (secondary N) is 4. The Morgan fingerprint density at radius 2 is 1.79 bits per heavy atom. The van der Waals surface area contributed by atoms with Gasteiger partial charge in [0.15, 0.2) is 11.9 Å². The summed E-state index contributed by atoms with van der Waals surface area (Å²) in [5.41, 5.74) is 4.99. The van der Waals surface area contributed by atoms with Crippen LogP contribution in [0.2, 0.25) is 0 Å². The average molecular weight is 292 g/mol. The van der Waals surface area contributed by atoms with E-state index in [-0.39, 0.29) is 24.3 Å². The Bertz CT molecular complexity index is 251. The smallest absolute Gasteiger partial charge is 0.195 e. The maximum Gasteiger partial charge on any atom is 0.195 e. The van der Waals surface area contributed by atoms with Gasteiger partial charge in [0.25, 0.3) is 0 Å². The number of hydrogen-bond donors (Lipinski definition) is 5. The van der Waals surface area contributed by atoms with Crippen LogP contribution in [0.5, 0.6) is 0 Å². The highest BCUT2D eigenvalue weighted by Crippen LogP contribution is 1.80. The van der Waals surface area contributed by atoms with Crippen molar-refractivity contribution in [1.29, 1.82) is 10.8 Å². The number of ether oxygens (including phenoxy) is 1. The second kappa shape index (κ2) is 18.8. The fourth-order valence-electron chi connectivity index (χ4n) is 0.804. The molecule has 0 heterocycles. The van der Waals surface area contributed by atoms with Gasteiger partial charge in [-0.3, -0.25) is 16.1 Å². The van der Waals surface area contributed by atoms with Gasteiger partial charge in [0.1, 0.15) is 0 Å². The van der Waals surface area contributed by atoms with Crippen molar-refractivity contribution in [3.63, 3.8) is 0 Å². The lowest BCUT2D eigenvalue weighted by Crippen LogP contribution is -2.43. The number of rotatable bonds is 7. The second-order valence-corrected chi connectivity index (χ2v) is 3.31. The van der Waals surface area contributed by atoms with E-state index < -0.39 is 0 Å². The summed E-state index contributed by atoms with van der Waals surface area (Å²) >= 11 is 0. The summed E-state index contributed by atoms with van der Waals surface area (Å²) in [6.07, 6.45) is 5.52. The van der Waals surface area contributed by atoms with E-state index >= 15 is 0 Å². The quantitative estimate of drug-likeness (QED) is 0.212. The Morgan fingerprint density at radius 3 is 2.16 bits per heavy atom. The lowest BCUT2D eigenvalue weighted by molar-refractivity contribution is 0.194. The van der Waals surface area contributed by atoms with Crippen LogP contribution in [0.1, 0.15) is 19.8 Å². The van der Waals surface area contributed by atoms with Crippen LogP contribution in [-0.4, -0.2) is 31.7 Å². The van der Waals surface area contributed by atoms with Gasteiger partial charge < -0.3 is 15.8 Å². The second-order valence-electron chi connectivity index (χ2n) is 3.31. The molecule has 0 fully saturated rings. The van der Waals surface area contributed by atoms with Crippen molar-refractivity contribution in [3.05, 3.63) is 25.3 Å². The van der Waals surface area contributed by atoms with E-state index in [0.717, 1.165) is 19.4 Å². The van der Waals surface area contributed by atoms with Crippen LogP contribution in [0.15, 0.2) is 25.3 Å². The van der Waals surface area contributed by atoms with E-state index in [9.17, 15) is 0 Å². The Morgan fingerprint density at radius 1 is 1.26 bits per heavy atom. The van der Waals surface area contributed by atoms with Crippen LogP contribution in [0.3, 0.4) is 0 Å². The molecule has 0 amide bonds. The van der Waals surface area contributed by atoms with Crippen molar-refractivity contribution in [1.82, 2.24) is 10.6 Å². The normalized spacial score (nSPS) is 8.05. The van der Waals surface area contributed by atoms with Crippen LogP contribution in [-0.2, 0) is 4.74 Å². The molecule has 0 bridgehead atoms. The molecule has 0 spiro atoms. The maximum absolute atomic E-state index is 7.15. The predicted molar refractivity (Wildman–Crippen MR) is 84.1 cm³/mol. The Hall–Kier alpha value is -1.53. The summed E-state index contributed by atoms with van der Waals surface area (Å²) in [6.45, 7) is 11.0. The summed E-state index contributed by atoms with van der Waals surface area (Å²) in [6, 6.07) is 0. The molecule has 0 radical (unpaired) electrons. The molecule has 0 aromatic carbocycles. The highest BCUT2D eigenvalue weighted by atomic mass is 35.5. The molecule has 0 aromatic heterocycles. The molecule has 7 heteroatoms. The molecule has 0 aliphatic carbocycles. The molecule has 6 nitrogen and oxygen atoms in total. The number of nitrogens with two attached hydrogens (primary N) is 1. The minimum Gasteiger partial charge on any atom is -0.373 e. The maximum atomic E-state index is 7.15. The molecule has 0 aliphatic heterocycles. The van der Waals surface area contributed by atoms with Gasteiger partial charge in [-0.05, 0) is 6.42 Å². The molecule has 0 atom stereocenters. The number of hydrogen-bond acceptors (Lipinski definition) is 3. The molecular weight excluding hydrogens is 266 g/mol. The molecular formula is C12H26ClN5O. The first-order chi connectivity index (χ1) is 8.58. The monoisotopic (exact) mass is 291 g/mol. The van der Waals surface area contributed by atoms with Crippen LogP contribution in [0.25, 0.3) is 0 Å². The van der Waals surface area contributed by atoms with E-state index in [1.165, 1.54) is 0 Å². The zero-order valence-electron chi connectivity index (χ0n) is 11.5. The van der Waals surface area contributed by atoms with Crippen molar-refractivity contribution in [2.75, 3.05) is 19.8 Å². The standard InChI is InChI=1S/C6H15N5.C6H10O.ClH/c1-2-3-4-10-6(9)11-5(7)8;1-3-5-7-6-4-2;/h2-4H2,1H3,(H6,7,8,9,10,11);3-4H,1-2,5-6H2;1H. The largest absolute Gasteiger partial charge is 0.373 e. The van der Waals surface area contributed by atoms with Crippen molar-refractivity contribution in [2.45, 2.75) is 19.8 Å². The topological polar surface area (TPSA) is 107 Å². The van der Waals surface area contributed by atoms with Gasteiger partial charge in [0, 0.05) is 6.54 Å². The lowest BCUT2D eigenvalue weighted by Gasteiger charge is -2.06. The third kappa shape index (κ3) is 26.2. The zero-order chi connectivity index (χ0) is 14.2. The first-order valence-electron chi connectivity index (χ1n) is 5.81. The average Bonchev–Trinajstić information content (AvgIpc) is 2.30. The van der Waals surface area contributed by atoms with Gasteiger partial charge >= 0.3 is 0 Å². The number of halogens is 1.